The molecule has 22 heavy (non-hydrogen) atoms. The first-order valence-corrected chi connectivity index (χ1v) is 8.40. The predicted molar refractivity (Wildman–Crippen MR) is 88.2 cm³/mol. The smallest absolute Gasteiger partial charge is 0.286 e. The van der Waals surface area contributed by atoms with Crippen LogP contribution in [0.15, 0.2) is 18.2 Å². The molecule has 0 bridgehead atoms. The lowest BCUT2D eigenvalue weighted by molar-refractivity contribution is -0.118. The standard InChI is InChI=1S/C16H22N2O3S/c1-3-4-7-17-10-12-8-11(5-6-13(12)21-2)9-14-15(19)18-16(20)22-14/h5-6,8,14,17H,3-4,7,9-10H2,1-2H3,(H,18,19,20). The van der Waals surface area contributed by atoms with Gasteiger partial charge in [-0.2, -0.15) is 0 Å². The van der Waals surface area contributed by atoms with Crippen molar-refractivity contribution in [3.8, 4) is 5.75 Å². The van der Waals surface area contributed by atoms with E-state index in [2.05, 4.69) is 23.6 Å². The molecule has 1 fully saturated rings. The van der Waals surface area contributed by atoms with Crippen molar-refractivity contribution in [1.82, 2.24) is 10.6 Å². The zero-order chi connectivity index (χ0) is 15.9. The fourth-order valence-electron chi connectivity index (χ4n) is 2.36. The molecule has 1 heterocycles. The van der Waals surface area contributed by atoms with Crippen LogP contribution in [0.25, 0.3) is 0 Å². The number of rotatable bonds is 8. The van der Waals surface area contributed by atoms with Crippen molar-refractivity contribution in [2.45, 2.75) is 38.0 Å². The van der Waals surface area contributed by atoms with Crippen LogP contribution in [0.5, 0.6) is 5.75 Å². The van der Waals surface area contributed by atoms with Crippen LogP contribution in [0.4, 0.5) is 4.79 Å². The number of thioether (sulfide) groups is 1. The van der Waals surface area contributed by atoms with Crippen molar-refractivity contribution in [2.24, 2.45) is 0 Å². The zero-order valence-electron chi connectivity index (χ0n) is 13.0. The Morgan fingerprint density at radius 3 is 2.82 bits per heavy atom. The molecule has 1 aromatic rings. The van der Waals surface area contributed by atoms with Gasteiger partial charge in [-0.1, -0.05) is 37.2 Å². The third-order valence-electron chi connectivity index (χ3n) is 3.56. The molecule has 0 aliphatic carbocycles. The molecule has 0 radical (unpaired) electrons. The minimum Gasteiger partial charge on any atom is -0.496 e. The first kappa shape index (κ1) is 16.8. The number of methoxy groups -OCH3 is 1. The Bertz CT molecular complexity index is 548. The van der Waals surface area contributed by atoms with Crippen molar-refractivity contribution in [1.29, 1.82) is 0 Å². The topological polar surface area (TPSA) is 67.4 Å². The molecule has 5 nitrogen and oxygen atoms in total. The number of carbonyl (C=O) groups is 2. The summed E-state index contributed by atoms with van der Waals surface area (Å²) >= 11 is 1.06. The van der Waals surface area contributed by atoms with Crippen LogP contribution in [0.1, 0.15) is 30.9 Å². The highest BCUT2D eigenvalue weighted by atomic mass is 32.2. The van der Waals surface area contributed by atoms with Crippen LogP contribution in [0.3, 0.4) is 0 Å². The van der Waals surface area contributed by atoms with Crippen LogP contribution >= 0.6 is 11.8 Å². The highest BCUT2D eigenvalue weighted by molar-refractivity contribution is 8.15. The largest absolute Gasteiger partial charge is 0.496 e. The highest BCUT2D eigenvalue weighted by Gasteiger charge is 2.31. The van der Waals surface area contributed by atoms with E-state index >= 15 is 0 Å². The SMILES string of the molecule is CCCCNCc1cc(CC2SC(=O)NC2=O)ccc1OC. The van der Waals surface area contributed by atoms with Crippen molar-refractivity contribution in [2.75, 3.05) is 13.7 Å². The van der Waals surface area contributed by atoms with Gasteiger partial charge in [0.1, 0.15) is 5.75 Å². The van der Waals surface area contributed by atoms with Gasteiger partial charge in [-0.05, 0) is 31.0 Å². The lowest BCUT2D eigenvalue weighted by atomic mass is 10.0. The molecule has 0 aromatic heterocycles. The maximum Gasteiger partial charge on any atom is 0.286 e. The Balaban J connectivity index is 2.02. The quantitative estimate of drug-likeness (QED) is 0.720. The Kier molecular flexibility index (Phi) is 6.27. The highest BCUT2D eigenvalue weighted by Crippen LogP contribution is 2.26. The van der Waals surface area contributed by atoms with Gasteiger partial charge in [-0.3, -0.25) is 14.9 Å². The molecule has 1 atom stereocenters. The van der Waals surface area contributed by atoms with Crippen molar-refractivity contribution >= 4 is 22.9 Å². The number of unbranched alkanes of at least 4 members (excludes halogenated alkanes) is 1. The second kappa shape index (κ2) is 8.19. The van der Waals surface area contributed by atoms with Gasteiger partial charge < -0.3 is 10.1 Å². The predicted octanol–water partition coefficient (Wildman–Crippen LogP) is 2.48. The fourth-order valence-corrected chi connectivity index (χ4v) is 3.22. The van der Waals surface area contributed by atoms with Gasteiger partial charge in [0.25, 0.3) is 5.24 Å². The number of ether oxygens (including phenoxy) is 1. The first-order chi connectivity index (χ1) is 10.6. The molecule has 1 aliphatic heterocycles. The van der Waals surface area contributed by atoms with Gasteiger partial charge in [0.15, 0.2) is 0 Å². The van der Waals surface area contributed by atoms with Crippen LogP contribution in [0, 0.1) is 0 Å². The van der Waals surface area contributed by atoms with Crippen molar-refractivity contribution in [3.05, 3.63) is 29.3 Å². The number of nitrogens with one attached hydrogen (secondary N) is 2. The summed E-state index contributed by atoms with van der Waals surface area (Å²) < 4.78 is 5.39. The van der Waals surface area contributed by atoms with E-state index in [0.717, 1.165) is 54.6 Å². The number of imide groups is 1. The average molecular weight is 322 g/mol. The minimum atomic E-state index is -0.332. The summed E-state index contributed by atoms with van der Waals surface area (Å²) in [6.45, 7) is 3.87. The van der Waals surface area contributed by atoms with Crippen LogP contribution in [-0.2, 0) is 17.8 Å². The van der Waals surface area contributed by atoms with E-state index in [4.69, 9.17) is 4.74 Å². The maximum atomic E-state index is 11.7. The number of amides is 2. The number of benzene rings is 1. The molecular weight excluding hydrogens is 300 g/mol. The summed E-state index contributed by atoms with van der Waals surface area (Å²) in [5.74, 6) is 0.640. The number of carbonyl (C=O) groups excluding carboxylic acids is 2. The second-order valence-corrected chi connectivity index (χ2v) is 6.44. The van der Waals surface area contributed by atoms with Gasteiger partial charge in [-0.15, -0.1) is 0 Å². The third-order valence-corrected chi connectivity index (χ3v) is 4.54. The lowest BCUT2D eigenvalue weighted by Gasteiger charge is -2.13. The minimum absolute atomic E-state index is 0.201. The van der Waals surface area contributed by atoms with E-state index < -0.39 is 0 Å². The number of hydrogen-bond acceptors (Lipinski definition) is 5. The van der Waals surface area contributed by atoms with Gasteiger partial charge in [0, 0.05) is 12.1 Å². The Labute approximate surface area is 135 Å². The molecular formula is C16H22N2O3S. The molecule has 1 saturated heterocycles. The Morgan fingerprint density at radius 1 is 1.36 bits per heavy atom. The van der Waals surface area contributed by atoms with E-state index in [9.17, 15) is 9.59 Å². The van der Waals surface area contributed by atoms with Gasteiger partial charge in [-0.25, -0.2) is 0 Å². The third kappa shape index (κ3) is 4.48. The van der Waals surface area contributed by atoms with E-state index in [-0.39, 0.29) is 16.4 Å². The molecule has 1 unspecified atom stereocenters. The molecule has 1 aliphatic rings. The van der Waals surface area contributed by atoms with Crippen molar-refractivity contribution < 1.29 is 14.3 Å². The molecule has 2 amide bonds. The number of hydrogen-bond donors (Lipinski definition) is 2. The fraction of sp³-hybridized carbons (Fsp3) is 0.500. The van der Waals surface area contributed by atoms with Crippen LogP contribution in [-0.4, -0.2) is 30.1 Å². The average Bonchev–Trinajstić information content (AvgIpc) is 2.82. The lowest BCUT2D eigenvalue weighted by Crippen LogP contribution is -2.25. The van der Waals surface area contributed by atoms with Gasteiger partial charge in [0.05, 0.1) is 12.4 Å². The summed E-state index contributed by atoms with van der Waals surface area (Å²) in [6, 6.07) is 5.92. The van der Waals surface area contributed by atoms with Gasteiger partial charge in [0.2, 0.25) is 5.91 Å². The molecule has 0 saturated carbocycles. The summed E-state index contributed by atoms with van der Waals surface area (Å²) in [7, 11) is 1.66. The van der Waals surface area contributed by atoms with E-state index in [1.54, 1.807) is 7.11 Å². The molecule has 2 N–H and O–H groups in total. The van der Waals surface area contributed by atoms with Crippen LogP contribution < -0.4 is 15.4 Å². The monoisotopic (exact) mass is 322 g/mol. The van der Waals surface area contributed by atoms with E-state index in [1.807, 2.05) is 12.1 Å². The summed E-state index contributed by atoms with van der Waals surface area (Å²) in [5, 5.41) is 5.13. The maximum absolute atomic E-state index is 11.7. The molecule has 120 valence electrons. The summed E-state index contributed by atoms with van der Waals surface area (Å²) in [6.07, 6.45) is 2.85. The Morgan fingerprint density at radius 2 is 2.18 bits per heavy atom. The van der Waals surface area contributed by atoms with E-state index in [0.29, 0.717) is 6.42 Å². The first-order valence-electron chi connectivity index (χ1n) is 7.52. The molecule has 2 rings (SSSR count). The molecule has 0 spiro atoms. The van der Waals surface area contributed by atoms with Crippen LogP contribution in [0.2, 0.25) is 0 Å². The zero-order valence-corrected chi connectivity index (χ0v) is 13.8. The van der Waals surface area contributed by atoms with Gasteiger partial charge >= 0.3 is 0 Å². The Hall–Kier alpha value is -1.53. The molecule has 6 heteroatoms. The second-order valence-electron chi connectivity index (χ2n) is 5.26. The summed E-state index contributed by atoms with van der Waals surface area (Å²) in [4.78, 5) is 22.9. The van der Waals surface area contributed by atoms with Crippen molar-refractivity contribution in [3.63, 3.8) is 0 Å². The normalized spacial score (nSPS) is 17.6. The summed E-state index contributed by atoms with van der Waals surface area (Å²) in [5.41, 5.74) is 2.11. The van der Waals surface area contributed by atoms with E-state index in [1.165, 1.54) is 0 Å². The molecule has 1 aromatic carbocycles.